The Kier molecular flexibility index (Phi) is 6.22. The number of rotatable bonds is 4. The molecule has 2 aliphatic rings. The van der Waals surface area contributed by atoms with Gasteiger partial charge in [-0.05, 0) is 0 Å². The average molecular weight is 696 g/mol. The van der Waals surface area contributed by atoms with Gasteiger partial charge in [0, 0.05) is 0 Å². The molecule has 2 nitrogen and oxygen atoms in total. The quantitative estimate of drug-likeness (QED) is 0.260. The van der Waals surface area contributed by atoms with E-state index in [1.54, 1.807) is 0 Å². The van der Waals surface area contributed by atoms with Crippen LogP contribution in [-0.2, 0) is 0 Å². The molecule has 45 heavy (non-hydrogen) atoms. The zero-order chi connectivity index (χ0) is 29.8. The Morgan fingerprint density at radius 1 is 0.356 bits per heavy atom. The molecule has 0 fully saturated rings. The Labute approximate surface area is 269 Å². The number of para-hydroxylation sites is 2. The van der Waals surface area contributed by atoms with Gasteiger partial charge in [0.05, 0.1) is 0 Å². The van der Waals surface area contributed by atoms with Crippen molar-refractivity contribution in [3.8, 4) is 0 Å². The van der Waals surface area contributed by atoms with Crippen LogP contribution in [0.2, 0.25) is 0 Å². The van der Waals surface area contributed by atoms with Crippen molar-refractivity contribution >= 4 is 78.9 Å². The fraction of sp³-hybridized carbons (Fsp3) is 0. The van der Waals surface area contributed by atoms with Crippen LogP contribution in [0.5, 0.6) is 0 Å². The molecule has 9 rings (SSSR count). The molecule has 0 saturated heterocycles. The van der Waals surface area contributed by atoms with E-state index in [0.717, 1.165) is 5.82 Å². The van der Waals surface area contributed by atoms with Gasteiger partial charge in [0.1, 0.15) is 0 Å². The predicted molar refractivity (Wildman–Crippen MR) is 193 cm³/mol. The van der Waals surface area contributed by atoms with Gasteiger partial charge in [-0.15, -0.1) is 0 Å². The molecule has 3 heterocycles. The molecule has 1 aromatic heterocycles. The summed E-state index contributed by atoms with van der Waals surface area (Å²) in [6, 6.07) is 66.4. The van der Waals surface area contributed by atoms with Crippen molar-refractivity contribution in [1.29, 1.82) is 0 Å². The second kappa shape index (κ2) is 10.5. The minimum absolute atomic E-state index is 1.08. The van der Waals surface area contributed by atoms with Crippen molar-refractivity contribution < 1.29 is 0 Å². The summed E-state index contributed by atoms with van der Waals surface area (Å²) >= 11 is -7.11. The zero-order valence-corrected chi connectivity index (χ0v) is 28.9. The van der Waals surface area contributed by atoms with Crippen LogP contribution in [0.15, 0.2) is 182 Å². The van der Waals surface area contributed by atoms with Gasteiger partial charge in [-0.25, -0.2) is 0 Å². The van der Waals surface area contributed by atoms with E-state index in [-0.39, 0.29) is 0 Å². The summed E-state index contributed by atoms with van der Waals surface area (Å²) in [6.07, 6.45) is 1.98. The third-order valence-electron chi connectivity index (χ3n) is 9.85. The average Bonchev–Trinajstić information content (AvgIpc) is 3.13. The van der Waals surface area contributed by atoms with Gasteiger partial charge in [-0.3, -0.25) is 0 Å². The molecule has 0 unspecified atom stereocenters. The van der Waals surface area contributed by atoms with Gasteiger partial charge >= 0.3 is 271 Å². The number of fused-ring (bicyclic) bond motifs is 4. The van der Waals surface area contributed by atoms with Gasteiger partial charge in [0.25, 0.3) is 0 Å². The Balaban J connectivity index is 1.52. The van der Waals surface area contributed by atoms with Crippen molar-refractivity contribution in [2.75, 3.05) is 4.90 Å². The van der Waals surface area contributed by atoms with E-state index in [9.17, 15) is 0 Å². The van der Waals surface area contributed by atoms with Gasteiger partial charge in [0.15, 0.2) is 0 Å². The van der Waals surface area contributed by atoms with Crippen molar-refractivity contribution in [3.63, 3.8) is 0 Å². The van der Waals surface area contributed by atoms with E-state index in [4.69, 9.17) is 4.98 Å². The third kappa shape index (κ3) is 3.61. The zero-order valence-electron chi connectivity index (χ0n) is 24.7. The summed E-state index contributed by atoms with van der Waals surface area (Å²) in [7, 11) is 0. The van der Waals surface area contributed by atoms with Crippen LogP contribution < -0.4 is 40.1 Å². The second-order valence-electron chi connectivity index (χ2n) is 11.9. The molecule has 0 spiro atoms. The monoisotopic (exact) mass is 698 g/mol. The van der Waals surface area contributed by atoms with Crippen molar-refractivity contribution in [3.05, 3.63) is 182 Å². The summed E-state index contributed by atoms with van der Waals surface area (Å²) in [5, 5.41) is 0. The van der Waals surface area contributed by atoms with E-state index in [1.165, 1.54) is 46.5 Å². The number of anilines is 3. The molecule has 0 saturated carbocycles. The maximum absolute atomic E-state index is 5.28. The number of hydrogen-bond donors (Lipinski definition) is 0. The summed E-state index contributed by atoms with van der Waals surface area (Å²) in [5.41, 5.74) is 2.63. The van der Waals surface area contributed by atoms with Crippen LogP contribution in [-0.4, -0.2) is 31.5 Å². The summed E-state index contributed by atoms with van der Waals surface area (Å²) in [5.74, 6) is 1.08. The van der Waals surface area contributed by atoms with Crippen LogP contribution in [0.3, 0.4) is 0 Å². The molecule has 0 bridgehead atoms. The Morgan fingerprint density at radius 3 is 1.27 bits per heavy atom. The van der Waals surface area contributed by atoms with Crippen LogP contribution in [0.25, 0.3) is 0 Å². The van der Waals surface area contributed by atoms with Crippen molar-refractivity contribution in [2.45, 2.75) is 0 Å². The van der Waals surface area contributed by atoms with E-state index >= 15 is 0 Å². The van der Waals surface area contributed by atoms with Gasteiger partial charge in [-0.2, -0.15) is 0 Å². The first-order valence-electron chi connectivity index (χ1n) is 15.6. The third-order valence-corrected chi connectivity index (χ3v) is 30.1. The molecule has 2 aliphatic heterocycles. The van der Waals surface area contributed by atoms with Crippen LogP contribution in [0, 0.1) is 0 Å². The molecular formula is C41H30Ge2N2. The van der Waals surface area contributed by atoms with E-state index in [1.807, 2.05) is 6.20 Å². The second-order valence-corrected chi connectivity index (χ2v) is 27.6. The molecule has 4 heteroatoms. The van der Waals surface area contributed by atoms with Gasteiger partial charge in [0.2, 0.25) is 0 Å². The number of pyridine rings is 1. The van der Waals surface area contributed by atoms with Gasteiger partial charge < -0.3 is 0 Å². The van der Waals surface area contributed by atoms with Gasteiger partial charge in [-0.1, -0.05) is 0 Å². The molecule has 0 aliphatic carbocycles. The summed E-state index contributed by atoms with van der Waals surface area (Å²) in [4.78, 5) is 7.81. The molecular weight excluding hydrogens is 666 g/mol. The number of nitrogens with zero attached hydrogens (tertiary/aromatic N) is 2. The molecule has 212 valence electrons. The van der Waals surface area contributed by atoms with Crippen molar-refractivity contribution in [2.24, 2.45) is 0 Å². The first kappa shape index (κ1) is 26.7. The Bertz CT molecular complexity index is 1940. The normalized spacial score (nSPS) is 15.0. The fourth-order valence-electron chi connectivity index (χ4n) is 8.20. The maximum atomic E-state index is 5.28. The van der Waals surface area contributed by atoms with Crippen LogP contribution >= 0.6 is 0 Å². The topological polar surface area (TPSA) is 16.1 Å². The molecule has 0 radical (unpaired) electrons. The number of hydrogen-bond acceptors (Lipinski definition) is 2. The summed E-state index contributed by atoms with van der Waals surface area (Å²) < 4.78 is 11.6. The molecule has 6 aromatic carbocycles. The van der Waals surface area contributed by atoms with E-state index < -0.39 is 26.5 Å². The fourth-order valence-corrected chi connectivity index (χ4v) is 30.1. The predicted octanol–water partition coefficient (Wildman–Crippen LogP) is 3.93. The van der Waals surface area contributed by atoms with E-state index in [2.05, 4.69) is 181 Å². The number of aromatic nitrogens is 1. The Morgan fingerprint density at radius 2 is 0.756 bits per heavy atom. The first-order valence-corrected chi connectivity index (χ1v) is 24.0. The SMILES string of the molecule is c1cc[c]([Ge]2([c]3ccccc3)[c]3ccccc3N3c4nccc[c]4[Ge]([c]4ccccc4)([c]4ccccc4)[c]4ccc[c]2c43)cc1. The molecule has 0 amide bonds. The number of benzene rings is 6. The van der Waals surface area contributed by atoms with Crippen LogP contribution in [0.4, 0.5) is 17.2 Å². The molecule has 0 N–H and O–H groups in total. The van der Waals surface area contributed by atoms with Crippen molar-refractivity contribution in [1.82, 2.24) is 4.98 Å². The standard InChI is InChI=1S/C41H30Ge2N2/c1-5-17-31(18-6-1)42(32-19-7-2-8-20-32)35-25-13-14-29-39(35)45-40-36(42)26-15-27-37(40)43(33-21-9-3-10-22-33,34-23-11-4-12-24-34)38-28-16-30-44-41(38)45/h1-30H. The Hall–Kier alpha value is -4.64. The molecule has 0 atom stereocenters. The minimum atomic E-state index is -3.57. The first-order chi connectivity index (χ1) is 22.4. The molecule has 7 aromatic rings. The summed E-state index contributed by atoms with van der Waals surface area (Å²) in [6.45, 7) is 0. The van der Waals surface area contributed by atoms with E-state index in [0.29, 0.717) is 0 Å². The van der Waals surface area contributed by atoms with Crippen LogP contribution in [0.1, 0.15) is 0 Å².